The van der Waals surface area contributed by atoms with Gasteiger partial charge < -0.3 is 4.98 Å². The van der Waals surface area contributed by atoms with Gasteiger partial charge in [0.25, 0.3) is 5.56 Å². The van der Waals surface area contributed by atoms with E-state index in [4.69, 9.17) is 0 Å². The first kappa shape index (κ1) is 17.4. The third-order valence-electron chi connectivity index (χ3n) is 3.97. The highest BCUT2D eigenvalue weighted by Crippen LogP contribution is 2.07. The van der Waals surface area contributed by atoms with Crippen LogP contribution in [0.2, 0.25) is 0 Å². The van der Waals surface area contributed by atoms with Crippen LogP contribution in [0.4, 0.5) is 0 Å². The van der Waals surface area contributed by atoms with Gasteiger partial charge in [-0.15, -0.1) is 0 Å². The molecule has 0 amide bonds. The second kappa shape index (κ2) is 8.08. The van der Waals surface area contributed by atoms with Crippen molar-refractivity contribution in [1.29, 1.82) is 0 Å². The normalized spacial score (nSPS) is 10.7. The zero-order chi connectivity index (χ0) is 18.4. The van der Waals surface area contributed by atoms with E-state index >= 15 is 0 Å². The zero-order valence-electron chi connectivity index (χ0n) is 14.5. The fourth-order valence-electron chi connectivity index (χ4n) is 2.46. The lowest BCUT2D eigenvalue weighted by molar-refractivity contribution is 0.104. The molecule has 0 unspecified atom stereocenters. The van der Waals surface area contributed by atoms with E-state index in [0.29, 0.717) is 0 Å². The number of benzene rings is 3. The summed E-state index contributed by atoms with van der Waals surface area (Å²) >= 11 is 0. The van der Waals surface area contributed by atoms with Gasteiger partial charge in [-0.2, -0.15) is 0 Å². The minimum absolute atomic E-state index is 0.00926. The first-order valence-electron chi connectivity index (χ1n) is 8.37. The maximum absolute atomic E-state index is 11.8. The summed E-state index contributed by atoms with van der Waals surface area (Å²) in [5.41, 5.74) is 3.87. The first-order chi connectivity index (χ1) is 12.6. The van der Waals surface area contributed by atoms with Crippen LogP contribution in [0.25, 0.3) is 17.0 Å². The highest BCUT2D eigenvalue weighted by molar-refractivity contribution is 6.06. The van der Waals surface area contributed by atoms with Crippen LogP contribution < -0.4 is 5.56 Å². The number of hydrogen-bond acceptors (Lipinski definition) is 2. The lowest BCUT2D eigenvalue weighted by atomic mass is 10.1. The maximum Gasteiger partial charge on any atom is 0.255 e. The van der Waals surface area contributed by atoms with E-state index in [1.54, 1.807) is 6.08 Å². The quantitative estimate of drug-likeness (QED) is 0.427. The fraction of sp³-hybridized carbons (Fsp3) is 0.0435. The fourth-order valence-corrected chi connectivity index (χ4v) is 2.46. The van der Waals surface area contributed by atoms with Crippen LogP contribution >= 0.6 is 0 Å². The molecule has 3 heteroatoms. The summed E-state index contributed by atoms with van der Waals surface area (Å²) in [6.45, 7) is 2.04. The number of allylic oxidation sites excluding steroid dienone is 1. The molecule has 5 rings (SSSR count). The Balaban J connectivity index is 0.000000181. The van der Waals surface area contributed by atoms with Crippen molar-refractivity contribution in [2.75, 3.05) is 0 Å². The van der Waals surface area contributed by atoms with Crippen LogP contribution in [0, 0.1) is 6.92 Å². The van der Waals surface area contributed by atoms with Crippen LogP contribution in [0.15, 0.2) is 89.7 Å². The third-order valence-corrected chi connectivity index (χ3v) is 3.97. The molecule has 0 aliphatic rings. The summed E-state index contributed by atoms with van der Waals surface area (Å²) in [4.78, 5) is 25.3. The van der Waals surface area contributed by atoms with Gasteiger partial charge in [-0.05, 0) is 42.8 Å². The summed E-state index contributed by atoms with van der Waals surface area (Å²) in [5.74, 6) is 0.0335. The van der Waals surface area contributed by atoms with Crippen molar-refractivity contribution in [3.05, 3.63) is 112 Å². The van der Waals surface area contributed by atoms with E-state index in [2.05, 4.69) is 4.98 Å². The van der Waals surface area contributed by atoms with E-state index in [0.717, 1.165) is 22.0 Å². The molecule has 3 aromatic carbocycles. The number of rotatable bonds is 3. The molecule has 0 atom stereocenters. The standard InChI is InChI=1S/C16H14O.C7H5NO/c1-13-7-9-14(10-8-13)11-12-16(17)15-5-3-2-4-6-15;9-7-5-1-3-6(8-7)4-2-5/h2-12H,1H3;1-4H,(H,8,9). The Kier molecular flexibility index (Phi) is 5.40. The van der Waals surface area contributed by atoms with Crippen molar-refractivity contribution in [3.8, 4) is 0 Å². The number of aromatic amines is 1. The number of H-pyrrole nitrogens is 1. The number of fused-ring (bicyclic) bond motifs is 3. The number of carbonyl (C=O) groups excluding carboxylic acids is 1. The largest absolute Gasteiger partial charge is 0.322 e. The van der Waals surface area contributed by atoms with Gasteiger partial charge in [-0.25, -0.2) is 0 Å². The molecular weight excluding hydrogens is 322 g/mol. The Labute approximate surface area is 152 Å². The minimum atomic E-state index is 0.00926. The van der Waals surface area contributed by atoms with Crippen LogP contribution in [-0.2, 0) is 0 Å². The smallest absolute Gasteiger partial charge is 0.255 e. The number of ketones is 1. The third kappa shape index (κ3) is 4.54. The highest BCUT2D eigenvalue weighted by atomic mass is 16.1. The summed E-state index contributed by atoms with van der Waals surface area (Å²) in [7, 11) is 0. The zero-order valence-corrected chi connectivity index (χ0v) is 14.5. The molecule has 3 nitrogen and oxygen atoms in total. The molecule has 26 heavy (non-hydrogen) atoms. The molecule has 2 heterocycles. The average molecular weight is 341 g/mol. The molecule has 0 saturated carbocycles. The lowest BCUT2D eigenvalue weighted by Crippen LogP contribution is -2.05. The SMILES string of the molecule is Cc1ccc(C=CC(=O)c2ccccc2)cc1.O=c1[nH]c2ccc1cc2. The molecule has 0 fully saturated rings. The van der Waals surface area contributed by atoms with Crippen molar-refractivity contribution >= 4 is 22.8 Å². The van der Waals surface area contributed by atoms with Crippen LogP contribution in [0.5, 0.6) is 0 Å². The highest BCUT2D eigenvalue weighted by Gasteiger charge is 1.99. The summed E-state index contributed by atoms with van der Waals surface area (Å²) in [6, 6.07) is 24.8. The Morgan fingerprint density at radius 2 is 1.50 bits per heavy atom. The van der Waals surface area contributed by atoms with E-state index in [1.807, 2.05) is 91.9 Å². The topological polar surface area (TPSA) is 49.9 Å². The number of carbonyl (C=O) groups is 1. The van der Waals surface area contributed by atoms with Crippen molar-refractivity contribution < 1.29 is 4.79 Å². The number of nitrogens with one attached hydrogen (secondary N) is 1. The van der Waals surface area contributed by atoms with Gasteiger partial charge >= 0.3 is 0 Å². The van der Waals surface area contributed by atoms with Gasteiger partial charge in [0.2, 0.25) is 0 Å². The Morgan fingerprint density at radius 1 is 0.846 bits per heavy atom. The first-order valence-corrected chi connectivity index (χ1v) is 8.37. The maximum atomic E-state index is 11.8. The predicted octanol–water partition coefficient (Wildman–Crippen LogP) is 4.86. The van der Waals surface area contributed by atoms with Crippen molar-refractivity contribution in [2.24, 2.45) is 0 Å². The molecule has 0 spiro atoms. The second-order valence-corrected chi connectivity index (χ2v) is 6.01. The van der Waals surface area contributed by atoms with Gasteiger partial charge in [0.15, 0.2) is 5.78 Å². The Hall–Kier alpha value is -3.46. The van der Waals surface area contributed by atoms with E-state index in [-0.39, 0.29) is 11.3 Å². The monoisotopic (exact) mass is 341 g/mol. The molecule has 0 aliphatic heterocycles. The lowest BCUT2D eigenvalue weighted by Gasteiger charge is -1.96. The van der Waals surface area contributed by atoms with Crippen molar-refractivity contribution in [3.63, 3.8) is 0 Å². The number of pyridine rings is 2. The van der Waals surface area contributed by atoms with Crippen molar-refractivity contribution in [2.45, 2.75) is 6.92 Å². The number of aromatic nitrogens is 1. The second-order valence-electron chi connectivity index (χ2n) is 6.01. The molecular formula is C23H19NO2. The Bertz CT molecular complexity index is 1040. The average Bonchev–Trinajstić information content (AvgIpc) is 2.69. The molecule has 1 N–H and O–H groups in total. The van der Waals surface area contributed by atoms with E-state index in [9.17, 15) is 9.59 Å². The molecule has 128 valence electrons. The van der Waals surface area contributed by atoms with Crippen molar-refractivity contribution in [1.82, 2.24) is 4.98 Å². The van der Waals surface area contributed by atoms with E-state index in [1.165, 1.54) is 5.56 Å². The van der Waals surface area contributed by atoms with Crippen LogP contribution in [0.3, 0.4) is 0 Å². The summed E-state index contributed by atoms with van der Waals surface area (Å²) in [5, 5.41) is 0.741. The molecule has 2 bridgehead atoms. The van der Waals surface area contributed by atoms with Crippen LogP contribution in [0.1, 0.15) is 21.5 Å². The summed E-state index contributed by atoms with van der Waals surface area (Å²) in [6.07, 6.45) is 3.45. The Morgan fingerprint density at radius 3 is 2.00 bits per heavy atom. The van der Waals surface area contributed by atoms with Gasteiger partial charge in [0.05, 0.1) is 0 Å². The van der Waals surface area contributed by atoms with Gasteiger partial charge in [-0.3, -0.25) is 9.59 Å². The predicted molar refractivity (Wildman–Crippen MR) is 107 cm³/mol. The molecule has 5 aromatic rings. The molecule has 0 saturated heterocycles. The molecule has 2 aromatic heterocycles. The summed E-state index contributed by atoms with van der Waals surface area (Å²) < 4.78 is 0. The number of aryl methyl sites for hydroxylation is 1. The van der Waals surface area contributed by atoms with Gasteiger partial charge in [0.1, 0.15) is 0 Å². The molecule has 0 aliphatic carbocycles. The number of hydrogen-bond donors (Lipinski definition) is 1. The minimum Gasteiger partial charge on any atom is -0.322 e. The van der Waals surface area contributed by atoms with E-state index < -0.39 is 0 Å². The molecule has 0 radical (unpaired) electrons. The van der Waals surface area contributed by atoms with Gasteiger partial charge in [0, 0.05) is 16.5 Å². The van der Waals surface area contributed by atoms with Crippen LogP contribution in [-0.4, -0.2) is 10.8 Å². The van der Waals surface area contributed by atoms with Gasteiger partial charge in [-0.1, -0.05) is 66.2 Å².